The number of hydrogen-bond donors (Lipinski definition) is 1. The van der Waals surface area contributed by atoms with E-state index < -0.39 is 17.6 Å². The van der Waals surface area contributed by atoms with E-state index in [1.54, 1.807) is 0 Å². The van der Waals surface area contributed by atoms with Crippen molar-refractivity contribution in [2.45, 2.75) is 25.6 Å². The number of amides is 1. The van der Waals surface area contributed by atoms with E-state index >= 15 is 0 Å². The van der Waals surface area contributed by atoms with Gasteiger partial charge in [-0.05, 0) is 67.9 Å². The van der Waals surface area contributed by atoms with Gasteiger partial charge in [0.25, 0.3) is 5.91 Å². The lowest BCUT2D eigenvalue weighted by Crippen LogP contribution is -2.61. The highest BCUT2D eigenvalue weighted by atomic mass is 79.9. The maximum atomic E-state index is 13.4. The zero-order chi connectivity index (χ0) is 23.4. The van der Waals surface area contributed by atoms with Gasteiger partial charge in [0.15, 0.2) is 0 Å². The first-order valence-electron chi connectivity index (χ1n) is 10.8. The number of fused-ring (bicyclic) bond motifs is 1. The van der Waals surface area contributed by atoms with Crippen LogP contribution in [-0.2, 0) is 12.7 Å². The number of nitrogens with zero attached hydrogens (tertiary/aromatic N) is 2. The van der Waals surface area contributed by atoms with Crippen LogP contribution in [0.1, 0.15) is 34.5 Å². The first-order valence-corrected chi connectivity index (χ1v) is 11.6. The van der Waals surface area contributed by atoms with Crippen molar-refractivity contribution >= 4 is 32.7 Å². The van der Waals surface area contributed by atoms with Crippen LogP contribution in [0.3, 0.4) is 0 Å². The highest BCUT2D eigenvalue weighted by Gasteiger charge is 2.47. The minimum Gasteiger partial charge on any atom is -0.351 e. The average Bonchev–Trinajstić information content (AvgIpc) is 3.16. The second-order valence-electron chi connectivity index (χ2n) is 9.15. The topological polar surface area (TPSA) is 39.3 Å². The number of carbonyl (C=O) groups is 1. The Kier molecular flexibility index (Phi) is 5.52. The van der Waals surface area contributed by atoms with E-state index in [1.807, 2.05) is 34.1 Å². The molecule has 0 atom stereocenters. The Morgan fingerprint density at radius 3 is 2.48 bits per heavy atom. The van der Waals surface area contributed by atoms with Crippen LogP contribution >= 0.6 is 15.9 Å². The highest BCUT2D eigenvalue weighted by Crippen LogP contribution is 2.42. The highest BCUT2D eigenvalue weighted by molar-refractivity contribution is 9.10. The van der Waals surface area contributed by atoms with E-state index in [0.29, 0.717) is 37.9 Å². The Hall–Kier alpha value is -2.39. The maximum Gasteiger partial charge on any atom is 0.416 e. The van der Waals surface area contributed by atoms with Gasteiger partial charge in [-0.15, -0.1) is 0 Å². The summed E-state index contributed by atoms with van der Waals surface area (Å²) in [6.45, 7) is 2.75. The molecule has 2 aliphatic heterocycles. The van der Waals surface area contributed by atoms with Gasteiger partial charge in [0.2, 0.25) is 0 Å². The number of nitrogens with one attached hydrogen (secondary N) is 1. The Balaban J connectivity index is 1.19. The molecule has 1 aromatic heterocycles. The summed E-state index contributed by atoms with van der Waals surface area (Å²) in [6.07, 6.45) is -2.94. The molecule has 1 N–H and O–H groups in total. The summed E-state index contributed by atoms with van der Waals surface area (Å²) in [5, 5.41) is 0.968. The Bertz CT molecular complexity index is 1210. The standard InChI is InChI=1S/C24H22BrF4N3O/c25-17-2-4-20-16(9-17)10-21(30-20)22(33)32-13-23(14-32)5-7-31(8-6-23)12-15-1-3-18(26)11-19(15)24(27,28)29/h1-4,9-11,30H,5-8,12-14H2. The third kappa shape index (κ3) is 4.40. The summed E-state index contributed by atoms with van der Waals surface area (Å²) < 4.78 is 54.2. The molecule has 3 aromatic rings. The van der Waals surface area contributed by atoms with E-state index in [-0.39, 0.29) is 23.4 Å². The van der Waals surface area contributed by atoms with Crippen LogP contribution in [-0.4, -0.2) is 46.9 Å². The quantitative estimate of drug-likeness (QED) is 0.439. The Morgan fingerprint density at radius 2 is 1.79 bits per heavy atom. The number of rotatable bonds is 3. The normalized spacial score (nSPS) is 18.6. The molecule has 2 aliphatic rings. The van der Waals surface area contributed by atoms with Gasteiger partial charge in [0.1, 0.15) is 11.5 Å². The van der Waals surface area contributed by atoms with Crippen molar-refractivity contribution in [3.8, 4) is 0 Å². The molecule has 0 saturated carbocycles. The monoisotopic (exact) mass is 523 g/mol. The van der Waals surface area contributed by atoms with E-state index in [2.05, 4.69) is 20.9 Å². The smallest absolute Gasteiger partial charge is 0.351 e. The van der Waals surface area contributed by atoms with Gasteiger partial charge in [-0.2, -0.15) is 13.2 Å². The van der Waals surface area contributed by atoms with Gasteiger partial charge in [0, 0.05) is 40.4 Å². The van der Waals surface area contributed by atoms with Crippen molar-refractivity contribution in [2.75, 3.05) is 26.2 Å². The predicted molar refractivity (Wildman–Crippen MR) is 120 cm³/mol. The van der Waals surface area contributed by atoms with E-state index in [0.717, 1.165) is 34.3 Å². The van der Waals surface area contributed by atoms with Crippen molar-refractivity contribution in [1.29, 1.82) is 0 Å². The number of aromatic nitrogens is 1. The van der Waals surface area contributed by atoms with Crippen LogP contribution in [0.15, 0.2) is 46.9 Å². The summed E-state index contributed by atoms with van der Waals surface area (Å²) in [5.74, 6) is -0.915. The van der Waals surface area contributed by atoms with Crippen molar-refractivity contribution in [3.05, 3.63) is 69.6 Å². The Labute approximate surface area is 196 Å². The molecule has 174 valence electrons. The van der Waals surface area contributed by atoms with Crippen LogP contribution in [0.25, 0.3) is 10.9 Å². The van der Waals surface area contributed by atoms with Crippen LogP contribution in [0.2, 0.25) is 0 Å². The third-order valence-corrected chi connectivity index (χ3v) is 7.33. The lowest BCUT2D eigenvalue weighted by Gasteiger charge is -2.54. The third-order valence-electron chi connectivity index (χ3n) is 6.84. The molecule has 5 rings (SSSR count). The summed E-state index contributed by atoms with van der Waals surface area (Å²) >= 11 is 3.44. The molecule has 33 heavy (non-hydrogen) atoms. The molecule has 2 aromatic carbocycles. The molecule has 2 fully saturated rings. The molecular formula is C24H22BrF4N3O. The summed E-state index contributed by atoms with van der Waals surface area (Å²) in [5.41, 5.74) is 0.677. The number of H-pyrrole nitrogens is 1. The largest absolute Gasteiger partial charge is 0.416 e. The van der Waals surface area contributed by atoms with Gasteiger partial charge in [-0.25, -0.2) is 4.39 Å². The molecular weight excluding hydrogens is 502 g/mol. The molecule has 0 aliphatic carbocycles. The lowest BCUT2D eigenvalue weighted by atomic mass is 9.72. The number of benzene rings is 2. The van der Waals surface area contributed by atoms with E-state index in [4.69, 9.17) is 0 Å². The van der Waals surface area contributed by atoms with Crippen molar-refractivity contribution in [3.63, 3.8) is 0 Å². The van der Waals surface area contributed by atoms with Crippen molar-refractivity contribution in [2.24, 2.45) is 5.41 Å². The minimum atomic E-state index is -4.58. The van der Waals surface area contributed by atoms with Crippen molar-refractivity contribution in [1.82, 2.24) is 14.8 Å². The maximum absolute atomic E-state index is 13.4. The summed E-state index contributed by atoms with van der Waals surface area (Å²) in [6, 6.07) is 10.5. The average molecular weight is 524 g/mol. The Morgan fingerprint density at radius 1 is 1.06 bits per heavy atom. The zero-order valence-corrected chi connectivity index (χ0v) is 19.3. The first kappa shape index (κ1) is 22.4. The zero-order valence-electron chi connectivity index (χ0n) is 17.7. The number of halogens is 5. The molecule has 0 radical (unpaired) electrons. The van der Waals surface area contributed by atoms with Crippen LogP contribution < -0.4 is 0 Å². The van der Waals surface area contributed by atoms with Gasteiger partial charge in [0.05, 0.1) is 5.56 Å². The number of hydrogen-bond acceptors (Lipinski definition) is 2. The number of alkyl halides is 3. The molecule has 3 heterocycles. The molecule has 1 spiro atoms. The lowest BCUT2D eigenvalue weighted by molar-refractivity contribution is -0.138. The predicted octanol–water partition coefficient (Wildman–Crippen LogP) is 5.83. The fourth-order valence-corrected chi connectivity index (χ4v) is 5.37. The van der Waals surface area contributed by atoms with E-state index in [1.165, 1.54) is 6.07 Å². The van der Waals surface area contributed by atoms with Crippen LogP contribution in [0.5, 0.6) is 0 Å². The van der Waals surface area contributed by atoms with Crippen molar-refractivity contribution < 1.29 is 22.4 Å². The van der Waals surface area contributed by atoms with Crippen LogP contribution in [0.4, 0.5) is 17.6 Å². The van der Waals surface area contributed by atoms with Gasteiger partial charge in [-0.3, -0.25) is 9.69 Å². The molecule has 4 nitrogen and oxygen atoms in total. The van der Waals surface area contributed by atoms with Gasteiger partial charge in [-0.1, -0.05) is 22.0 Å². The number of aromatic amines is 1. The summed E-state index contributed by atoms with van der Waals surface area (Å²) in [7, 11) is 0. The number of carbonyl (C=O) groups excluding carboxylic acids is 1. The minimum absolute atomic E-state index is 0.0247. The molecule has 1 amide bonds. The molecule has 2 saturated heterocycles. The van der Waals surface area contributed by atoms with Crippen LogP contribution in [0, 0.1) is 11.2 Å². The second-order valence-corrected chi connectivity index (χ2v) is 10.1. The van der Waals surface area contributed by atoms with Gasteiger partial charge >= 0.3 is 6.18 Å². The molecule has 0 bridgehead atoms. The second kappa shape index (κ2) is 8.13. The first-order chi connectivity index (χ1) is 15.6. The SMILES string of the molecule is O=C(c1cc2cc(Br)ccc2[nH]1)N1CC2(CCN(Cc3ccc(F)cc3C(F)(F)F)CC2)C1. The molecule has 0 unspecified atom stereocenters. The number of likely N-dealkylation sites (tertiary alicyclic amines) is 2. The van der Waals surface area contributed by atoms with E-state index in [9.17, 15) is 22.4 Å². The molecule has 9 heteroatoms. The van der Waals surface area contributed by atoms with Gasteiger partial charge < -0.3 is 9.88 Å². The summed E-state index contributed by atoms with van der Waals surface area (Å²) in [4.78, 5) is 19.9. The fraction of sp³-hybridized carbons (Fsp3) is 0.375. The number of piperidine rings is 1. The fourth-order valence-electron chi connectivity index (χ4n) is 4.99.